The van der Waals surface area contributed by atoms with Crippen LogP contribution >= 0.6 is 11.8 Å². The van der Waals surface area contributed by atoms with E-state index in [0.29, 0.717) is 69.9 Å². The fraction of sp³-hybridized carbons (Fsp3) is 0.517. The van der Waals surface area contributed by atoms with Crippen molar-refractivity contribution >= 4 is 134 Å². The van der Waals surface area contributed by atoms with E-state index in [1.807, 2.05) is 13.8 Å². The van der Waals surface area contributed by atoms with E-state index in [-0.39, 0.29) is 89.0 Å². The number of nitrogens with zero attached hydrogens (tertiary/aromatic N) is 6. The molecule has 0 saturated carbocycles. The molecule has 20 N–H and O–H groups in total. The van der Waals surface area contributed by atoms with E-state index >= 15 is 19.2 Å². The molecule has 0 spiro atoms. The summed E-state index contributed by atoms with van der Waals surface area (Å²) in [5.41, 5.74) is 20.5. The van der Waals surface area contributed by atoms with Crippen molar-refractivity contribution in [2.24, 2.45) is 23.1 Å². The normalized spacial score (nSPS) is 23.9. The zero-order chi connectivity index (χ0) is 93.6. The van der Waals surface area contributed by atoms with Crippen molar-refractivity contribution < 1.29 is 86.6 Å². The van der Waals surface area contributed by atoms with E-state index in [2.05, 4.69) is 73.1 Å². The first-order valence-electron chi connectivity index (χ1n) is 43.0. The van der Waals surface area contributed by atoms with Crippen LogP contribution in [0, 0.1) is 5.92 Å². The summed E-state index contributed by atoms with van der Waals surface area (Å²) >= 11 is 0.807. The Morgan fingerprint density at radius 3 is 1.66 bits per heavy atom. The number of aliphatic hydroxyl groups excluding tert-OH is 1. The maximum Gasteiger partial charge on any atom is 0.246 e. The molecule has 17 amide bonds. The van der Waals surface area contributed by atoms with Crippen LogP contribution in [-0.4, -0.2) is 301 Å². The van der Waals surface area contributed by atoms with Gasteiger partial charge in [0.15, 0.2) is 0 Å². The number of aliphatic hydroxyl groups is 1. The van der Waals surface area contributed by atoms with Crippen molar-refractivity contribution in [2.75, 3.05) is 72.5 Å². The molecular formula is C87H122N22O18S. The molecule has 6 aromatic rings. The van der Waals surface area contributed by atoms with Gasteiger partial charge in [-0.25, -0.2) is 4.98 Å². The molecule has 0 aliphatic carbocycles. The summed E-state index contributed by atoms with van der Waals surface area (Å²) < 4.78 is 0. The molecule has 2 saturated heterocycles. The number of likely N-dealkylation sites (N-methyl/N-ethyl adjacent to an activating group) is 4. The molecule has 40 nitrogen and oxygen atoms in total. The van der Waals surface area contributed by atoms with Gasteiger partial charge in [-0.2, -0.15) is 0 Å². The van der Waals surface area contributed by atoms with Gasteiger partial charge in [-0.1, -0.05) is 120 Å². The summed E-state index contributed by atoms with van der Waals surface area (Å²) in [5.74, 6) is -16.5. The SMILES string of the molecule is CCCCC1C(=O)N(C)C(CCCC)C(=O)NC(CCN)C(=O)NC(C(=O)NCC(N)=O)CSCC(=O)NC(Cc2ccccc2)C(=O)N(C)C(C)C(=O)NC(CC(N)=O)C(=O)N2CCCC2C(=O)NC(Cc2cnc[nH]2)C(=O)NC(CC(C)C)C(=O)N(C)CC(=O)NC(Cc2c[nH]c3ccccc23)C(=O)NC(CO)C(=O)NC(Cc2c[nH]c3ccccc23)C(=O)N1C. The molecule has 2 fully saturated rings. The van der Waals surface area contributed by atoms with Crippen LogP contribution in [0.5, 0.6) is 0 Å². The third-order valence-corrected chi connectivity index (χ3v) is 23.6. The van der Waals surface area contributed by atoms with Crippen molar-refractivity contribution in [1.82, 2.24) is 97.6 Å². The highest BCUT2D eigenvalue weighted by Crippen LogP contribution is 2.26. The number of hydrogen-bond donors (Lipinski definition) is 17. The lowest BCUT2D eigenvalue weighted by Gasteiger charge is -2.36. The lowest BCUT2D eigenvalue weighted by atomic mass is 10.00. The number of imidazole rings is 1. The second-order valence-electron chi connectivity index (χ2n) is 32.7. The molecule has 2 aliphatic rings. The standard InChI is InChI=1S/C87H122N22O18S/c1-10-12-28-68-81(121)98-59(31-32-88)77(117)104-67(76(116)94-43-72(90)112)46-128-47-74(114)97-63(35-51-22-15-14-16-23-51)84(124)106(7)50(5)75(115)100-65(39-71(89)111)86(126)109-33-21-30-69(109)82(122)99-61(38-54-42-91-48-95-54)79(119)101-62(34-49(3)4)83(123)105(6)44-73(113)96-60(36-52-40-92-57-26-19-17-24-55(52)57)78(118)103-66(45-110)80(120)102-64(37-53-41-93-58-27-20-18-25-56(53)58)85(125)108(9)70(29-13-11-2)87(127)107(68)8/h14-20,22-27,40-42,48-50,59-70,92-93,110H,10-13,21,28-39,43-47,88H2,1-9H3,(H2,89,111)(H2,90,112)(H,91,95)(H,94,116)(H,96,113)(H,97,114)(H,98,121)(H,99,122)(H,100,115)(H,101,119)(H,102,120)(H,103,118)(H,104,117). The Kier molecular flexibility index (Phi) is 38.4. The highest BCUT2D eigenvalue weighted by molar-refractivity contribution is 8.00. The van der Waals surface area contributed by atoms with Crippen molar-refractivity contribution in [3.8, 4) is 0 Å². The van der Waals surface area contributed by atoms with Crippen LogP contribution in [-0.2, 0) is 107 Å². The number of nitrogens with one attached hydrogen (secondary N) is 13. The number of benzene rings is 3. The summed E-state index contributed by atoms with van der Waals surface area (Å²) in [6.45, 7) is 5.78. The van der Waals surface area contributed by atoms with Crippen LogP contribution in [0.25, 0.3) is 21.8 Å². The number of aromatic nitrogens is 4. The quantitative estimate of drug-likeness (QED) is 0.0310. The minimum Gasteiger partial charge on any atom is -0.394 e. The average Bonchev–Trinajstić information content (AvgIpc) is 1.07. The molecule has 128 heavy (non-hydrogen) atoms. The molecule has 3 aromatic heterocycles. The smallest absolute Gasteiger partial charge is 0.246 e. The van der Waals surface area contributed by atoms with Gasteiger partial charge in [-0.15, -0.1) is 11.8 Å². The van der Waals surface area contributed by atoms with E-state index < -0.39 is 211 Å². The number of carbonyl (C=O) groups is 17. The van der Waals surface area contributed by atoms with Crippen LogP contribution in [0.1, 0.15) is 128 Å². The van der Waals surface area contributed by atoms with Gasteiger partial charge in [0.25, 0.3) is 0 Å². The first-order chi connectivity index (χ1) is 61.1. The predicted molar refractivity (Wildman–Crippen MR) is 474 cm³/mol. The van der Waals surface area contributed by atoms with E-state index in [4.69, 9.17) is 17.2 Å². The van der Waals surface area contributed by atoms with Gasteiger partial charge in [0.1, 0.15) is 78.5 Å². The number of unbranched alkanes of at least 4 members (excludes halogenated alkanes) is 2. The molecule has 13 atom stereocenters. The molecule has 8 rings (SSSR count). The number of carbonyl (C=O) groups excluding carboxylic acids is 17. The largest absolute Gasteiger partial charge is 0.394 e. The Bertz CT molecular complexity index is 4890. The number of hydrogen-bond acceptors (Lipinski definition) is 21. The van der Waals surface area contributed by atoms with Gasteiger partial charge in [0.2, 0.25) is 100 Å². The number of nitrogens with two attached hydrogens (primary N) is 3. The fourth-order valence-electron chi connectivity index (χ4n) is 15.4. The zero-order valence-electron chi connectivity index (χ0n) is 73.7. The third-order valence-electron chi connectivity index (χ3n) is 22.6. The van der Waals surface area contributed by atoms with Crippen LogP contribution in [0.4, 0.5) is 0 Å². The maximum atomic E-state index is 15.6. The number of H-pyrrole nitrogens is 3. The average molecular weight is 1800 g/mol. The van der Waals surface area contributed by atoms with Crippen LogP contribution in [0.15, 0.2) is 104 Å². The van der Waals surface area contributed by atoms with Gasteiger partial charge < -0.3 is 115 Å². The van der Waals surface area contributed by atoms with Gasteiger partial charge >= 0.3 is 0 Å². The minimum absolute atomic E-state index is 0.0201. The Morgan fingerprint density at radius 2 is 1.07 bits per heavy atom. The lowest BCUT2D eigenvalue weighted by molar-refractivity contribution is -0.149. The van der Waals surface area contributed by atoms with Crippen LogP contribution < -0.4 is 70.4 Å². The van der Waals surface area contributed by atoms with Gasteiger partial charge in [-0.05, 0) is 86.7 Å². The Balaban J connectivity index is 1.16. The molecule has 2 aliphatic heterocycles. The summed E-state index contributed by atoms with van der Waals surface area (Å²) in [5, 5.41) is 38.8. The molecule has 0 radical (unpaired) electrons. The van der Waals surface area contributed by atoms with Crippen molar-refractivity contribution in [2.45, 2.75) is 209 Å². The third kappa shape index (κ3) is 28.4. The highest BCUT2D eigenvalue weighted by atomic mass is 32.2. The number of rotatable bonds is 24. The highest BCUT2D eigenvalue weighted by Gasteiger charge is 2.44. The molecule has 0 bridgehead atoms. The summed E-state index contributed by atoms with van der Waals surface area (Å²) in [6.07, 6.45) is 6.11. The first kappa shape index (κ1) is 101. The molecule has 5 heterocycles. The number of aromatic amines is 3. The predicted octanol–water partition coefficient (Wildman–Crippen LogP) is -2.05. The summed E-state index contributed by atoms with van der Waals surface area (Å²) in [4.78, 5) is 266. The second-order valence-corrected chi connectivity index (χ2v) is 33.8. The number of fused-ring (bicyclic) bond motifs is 3. The Labute approximate surface area is 745 Å². The van der Waals surface area contributed by atoms with Crippen molar-refractivity contribution in [3.05, 3.63) is 126 Å². The van der Waals surface area contributed by atoms with E-state index in [9.17, 15) is 67.4 Å². The topological polar surface area (TPSA) is 585 Å². The van der Waals surface area contributed by atoms with Gasteiger partial charge in [0.05, 0.1) is 38.2 Å². The van der Waals surface area contributed by atoms with Crippen LogP contribution in [0.3, 0.4) is 0 Å². The molecular weight excluding hydrogens is 1670 g/mol. The minimum atomic E-state index is -1.84. The molecule has 13 unspecified atom stereocenters. The lowest BCUT2D eigenvalue weighted by Crippen LogP contribution is -2.61. The molecule has 41 heteroatoms. The van der Waals surface area contributed by atoms with Crippen molar-refractivity contribution in [1.29, 1.82) is 0 Å². The Hall–Kier alpha value is -12.8. The maximum absolute atomic E-state index is 15.6. The zero-order valence-corrected chi connectivity index (χ0v) is 74.5. The number of thioether (sulfide) groups is 1. The van der Waals surface area contributed by atoms with Gasteiger partial charge in [-0.3, -0.25) is 81.5 Å². The van der Waals surface area contributed by atoms with E-state index in [1.54, 1.807) is 105 Å². The first-order valence-corrected chi connectivity index (χ1v) is 44.1. The van der Waals surface area contributed by atoms with E-state index in [1.165, 1.54) is 47.6 Å². The monoisotopic (exact) mass is 1790 g/mol. The molecule has 3 aromatic carbocycles. The molecule has 694 valence electrons. The summed E-state index contributed by atoms with van der Waals surface area (Å²) in [6, 6.07) is 3.18. The number of amides is 17. The fourth-order valence-corrected chi connectivity index (χ4v) is 16.3. The number of primary amides is 2. The second kappa shape index (κ2) is 48.8. The summed E-state index contributed by atoms with van der Waals surface area (Å²) in [7, 11) is 5.27. The number of para-hydroxylation sites is 2. The van der Waals surface area contributed by atoms with E-state index in [0.717, 1.165) is 36.3 Å². The Morgan fingerprint density at radius 1 is 0.539 bits per heavy atom. The van der Waals surface area contributed by atoms with Crippen molar-refractivity contribution in [3.63, 3.8) is 0 Å². The van der Waals surface area contributed by atoms with Crippen LogP contribution in [0.2, 0.25) is 0 Å². The van der Waals surface area contributed by atoms with Gasteiger partial charge in [0, 0.05) is 112 Å².